The average molecular weight is 386 g/mol. The first-order valence-electron chi connectivity index (χ1n) is 8.50. The van der Waals surface area contributed by atoms with E-state index in [1.54, 1.807) is 36.1 Å². The summed E-state index contributed by atoms with van der Waals surface area (Å²) in [5.74, 6) is 0.105. The number of hydrogen-bond donors (Lipinski definition) is 2. The molecular formula is C19H19FN4O2S. The highest BCUT2D eigenvalue weighted by molar-refractivity contribution is 8.13. The maximum Gasteiger partial charge on any atom is 0.272 e. The molecule has 1 aliphatic rings. The Kier molecular flexibility index (Phi) is 4.22. The Bertz CT molecular complexity index is 1070. The zero-order valence-electron chi connectivity index (χ0n) is 15.0. The van der Waals surface area contributed by atoms with Crippen molar-refractivity contribution in [3.63, 3.8) is 0 Å². The molecule has 0 radical (unpaired) electrons. The topological polar surface area (TPSA) is 85.5 Å². The zero-order valence-corrected chi connectivity index (χ0v) is 15.8. The molecule has 4 rings (SSSR count). The number of benzene rings is 1. The van der Waals surface area contributed by atoms with Gasteiger partial charge in [-0.3, -0.25) is 9.79 Å². The predicted molar refractivity (Wildman–Crippen MR) is 106 cm³/mol. The van der Waals surface area contributed by atoms with E-state index in [-0.39, 0.29) is 11.7 Å². The van der Waals surface area contributed by atoms with E-state index >= 15 is 0 Å². The van der Waals surface area contributed by atoms with E-state index in [4.69, 9.17) is 10.2 Å². The third kappa shape index (κ3) is 3.10. The van der Waals surface area contributed by atoms with E-state index in [1.165, 1.54) is 23.9 Å². The van der Waals surface area contributed by atoms with Gasteiger partial charge in [-0.15, -0.1) is 0 Å². The van der Waals surface area contributed by atoms with Crippen molar-refractivity contribution in [3.05, 3.63) is 53.7 Å². The number of amides is 1. The fourth-order valence-electron chi connectivity index (χ4n) is 3.36. The van der Waals surface area contributed by atoms with Crippen molar-refractivity contribution in [2.24, 2.45) is 17.8 Å². The lowest BCUT2D eigenvalue weighted by molar-refractivity contribution is 0.101. The Morgan fingerprint density at radius 3 is 2.96 bits per heavy atom. The van der Waals surface area contributed by atoms with Gasteiger partial charge < -0.3 is 20.0 Å². The summed E-state index contributed by atoms with van der Waals surface area (Å²) in [5, 5.41) is 3.28. The first-order chi connectivity index (χ1) is 12.9. The van der Waals surface area contributed by atoms with E-state index < -0.39 is 5.54 Å². The van der Waals surface area contributed by atoms with Crippen LogP contribution in [-0.2, 0) is 12.6 Å². The van der Waals surface area contributed by atoms with Crippen LogP contribution in [0.2, 0.25) is 0 Å². The van der Waals surface area contributed by atoms with Gasteiger partial charge in [-0.1, -0.05) is 11.8 Å². The normalized spacial score (nSPS) is 19.9. The molecule has 3 aromatic rings. The summed E-state index contributed by atoms with van der Waals surface area (Å²) in [7, 11) is 1.79. The van der Waals surface area contributed by atoms with Crippen molar-refractivity contribution in [3.8, 4) is 0 Å². The molecule has 27 heavy (non-hydrogen) atoms. The molecule has 0 fully saturated rings. The van der Waals surface area contributed by atoms with Crippen LogP contribution in [-0.4, -0.2) is 21.4 Å². The summed E-state index contributed by atoms with van der Waals surface area (Å²) in [6.07, 6.45) is 2.24. The lowest BCUT2D eigenvalue weighted by atomic mass is 9.89. The number of rotatable bonds is 3. The van der Waals surface area contributed by atoms with Crippen LogP contribution < -0.4 is 11.1 Å². The Balaban J connectivity index is 1.65. The van der Waals surface area contributed by atoms with E-state index in [0.29, 0.717) is 34.1 Å². The van der Waals surface area contributed by atoms with Gasteiger partial charge in [0.2, 0.25) is 0 Å². The molecule has 3 N–H and O–H groups in total. The fraction of sp³-hybridized carbons (Fsp3) is 0.263. The van der Waals surface area contributed by atoms with Gasteiger partial charge in [0.15, 0.2) is 10.8 Å². The number of fused-ring (bicyclic) bond motifs is 1. The maximum atomic E-state index is 14.5. The Morgan fingerprint density at radius 1 is 1.41 bits per heavy atom. The van der Waals surface area contributed by atoms with Crippen LogP contribution in [0.25, 0.3) is 11.1 Å². The summed E-state index contributed by atoms with van der Waals surface area (Å²) >= 11 is 1.46. The van der Waals surface area contributed by atoms with Crippen LogP contribution in [0.3, 0.4) is 0 Å². The number of nitrogens with two attached hydrogens (primary N) is 1. The highest BCUT2D eigenvalue weighted by atomic mass is 32.2. The van der Waals surface area contributed by atoms with Crippen LogP contribution in [0.5, 0.6) is 0 Å². The molecule has 140 valence electrons. The van der Waals surface area contributed by atoms with Gasteiger partial charge in [0.1, 0.15) is 11.5 Å². The number of carbonyl (C=O) groups is 1. The van der Waals surface area contributed by atoms with Crippen LogP contribution in [0, 0.1) is 5.82 Å². The molecule has 1 aliphatic heterocycles. The third-order valence-electron chi connectivity index (χ3n) is 4.90. The molecule has 1 unspecified atom stereocenters. The van der Waals surface area contributed by atoms with Crippen molar-refractivity contribution in [1.82, 2.24) is 4.57 Å². The first kappa shape index (κ1) is 17.7. The monoisotopic (exact) mass is 386 g/mol. The molecule has 0 spiro atoms. The van der Waals surface area contributed by atoms with Crippen molar-refractivity contribution < 1.29 is 13.6 Å². The molecule has 0 saturated carbocycles. The number of furan rings is 1. The maximum absolute atomic E-state index is 14.5. The number of aryl methyl sites for hydroxylation is 1. The molecule has 2 aromatic heterocycles. The molecule has 1 atom stereocenters. The number of aliphatic imine (C=N–C) groups is 1. The minimum Gasteiger partial charge on any atom is -0.463 e. The predicted octanol–water partition coefficient (Wildman–Crippen LogP) is 3.83. The number of hydrogen-bond acceptors (Lipinski definition) is 5. The number of nitrogens with zero attached hydrogens (tertiary/aromatic N) is 2. The van der Waals surface area contributed by atoms with Crippen molar-refractivity contribution >= 4 is 39.6 Å². The number of nitrogens with one attached hydrogen (secondary N) is 1. The molecule has 8 heteroatoms. The largest absolute Gasteiger partial charge is 0.463 e. The molecule has 0 bridgehead atoms. The Labute approximate surface area is 159 Å². The number of anilines is 1. The molecule has 1 amide bonds. The van der Waals surface area contributed by atoms with Gasteiger partial charge in [-0.25, -0.2) is 4.39 Å². The fourth-order valence-corrected chi connectivity index (χ4v) is 4.33. The smallest absolute Gasteiger partial charge is 0.272 e. The molecule has 3 heterocycles. The molecule has 0 aliphatic carbocycles. The Hall–Kier alpha value is -2.74. The number of carbonyl (C=O) groups excluding carboxylic acids is 1. The second kappa shape index (κ2) is 6.45. The second-order valence-electron chi connectivity index (χ2n) is 6.73. The molecule has 0 saturated heterocycles. The summed E-state index contributed by atoms with van der Waals surface area (Å²) in [4.78, 5) is 17.1. The lowest BCUT2D eigenvalue weighted by Crippen LogP contribution is -2.30. The summed E-state index contributed by atoms with van der Waals surface area (Å²) in [5.41, 5.74) is 7.95. The first-order valence-corrected chi connectivity index (χ1v) is 9.48. The van der Waals surface area contributed by atoms with E-state index in [2.05, 4.69) is 10.3 Å². The van der Waals surface area contributed by atoms with Gasteiger partial charge >= 0.3 is 0 Å². The van der Waals surface area contributed by atoms with Crippen LogP contribution in [0.15, 0.2) is 46.0 Å². The molecule has 1 aromatic carbocycles. The van der Waals surface area contributed by atoms with E-state index in [1.807, 2.05) is 6.92 Å². The minimum atomic E-state index is -0.745. The highest BCUT2D eigenvalue weighted by Crippen LogP contribution is 2.37. The van der Waals surface area contributed by atoms with Crippen LogP contribution >= 0.6 is 11.8 Å². The lowest BCUT2D eigenvalue weighted by Gasteiger charge is -2.30. The number of amidine groups is 1. The van der Waals surface area contributed by atoms with Crippen LogP contribution in [0.4, 0.5) is 10.1 Å². The number of halogens is 1. The second-order valence-corrected chi connectivity index (χ2v) is 7.84. The standard InChI is InChI=1S/C19H19FN4O2S/c1-19(6-8-27-18(21)23-19)12-9-11(3-4-13(12)20)22-17(25)15-10-16-14(24(15)2)5-7-26-16/h3-5,7,9-10H,6,8H2,1-2H3,(H2,21,23)(H,22,25). The van der Waals surface area contributed by atoms with Crippen LogP contribution in [0.1, 0.15) is 29.4 Å². The number of thioether (sulfide) groups is 1. The third-order valence-corrected chi connectivity index (χ3v) is 5.69. The minimum absolute atomic E-state index is 0.297. The van der Waals surface area contributed by atoms with Gasteiger partial charge in [-0.05, 0) is 31.5 Å². The number of aromatic nitrogens is 1. The summed E-state index contributed by atoms with van der Waals surface area (Å²) < 4.78 is 21.6. The van der Waals surface area contributed by atoms with E-state index in [0.717, 1.165) is 11.3 Å². The Morgan fingerprint density at radius 2 is 2.22 bits per heavy atom. The zero-order chi connectivity index (χ0) is 19.2. The van der Waals surface area contributed by atoms with Crippen molar-refractivity contribution in [2.75, 3.05) is 11.1 Å². The van der Waals surface area contributed by atoms with Gasteiger partial charge in [0.05, 0.1) is 17.3 Å². The summed E-state index contributed by atoms with van der Waals surface area (Å²) in [6.45, 7) is 1.86. The average Bonchev–Trinajstić information content (AvgIpc) is 3.19. The van der Waals surface area contributed by atoms with Gasteiger partial charge in [-0.2, -0.15) is 0 Å². The molecule has 6 nitrogen and oxygen atoms in total. The van der Waals surface area contributed by atoms with E-state index in [9.17, 15) is 9.18 Å². The van der Waals surface area contributed by atoms with Crippen molar-refractivity contribution in [2.45, 2.75) is 18.9 Å². The molecular weight excluding hydrogens is 367 g/mol. The van der Waals surface area contributed by atoms with Gasteiger partial charge in [0, 0.05) is 36.2 Å². The summed E-state index contributed by atoms with van der Waals surface area (Å²) in [6, 6.07) is 8.00. The SMILES string of the molecule is Cn1c(C(=O)Nc2ccc(F)c(C3(C)CCSC(N)=N3)c2)cc2occc21. The quantitative estimate of drug-likeness (QED) is 0.716. The van der Waals surface area contributed by atoms with Gasteiger partial charge in [0.25, 0.3) is 5.91 Å². The van der Waals surface area contributed by atoms with Crippen molar-refractivity contribution in [1.29, 1.82) is 0 Å². The highest BCUT2D eigenvalue weighted by Gasteiger charge is 2.32.